The average Bonchev–Trinajstić information content (AvgIpc) is 2.41. The van der Waals surface area contributed by atoms with Crippen LogP contribution in [0, 0.1) is 0 Å². The van der Waals surface area contributed by atoms with E-state index < -0.39 is 20.2 Å². The first kappa shape index (κ1) is 14.8. The van der Waals surface area contributed by atoms with E-state index >= 15 is 0 Å². The second-order valence-electron chi connectivity index (χ2n) is 4.20. The highest BCUT2D eigenvalue weighted by atomic mass is 32.2. The van der Waals surface area contributed by atoms with Gasteiger partial charge in [-0.15, -0.1) is 0 Å². The van der Waals surface area contributed by atoms with Crippen molar-refractivity contribution in [1.29, 1.82) is 0 Å². The molecule has 0 atom stereocenters. The van der Waals surface area contributed by atoms with Gasteiger partial charge in [0.25, 0.3) is 10.2 Å². The third-order valence-electron chi connectivity index (χ3n) is 2.67. The van der Waals surface area contributed by atoms with Crippen molar-refractivity contribution in [3.05, 3.63) is 0 Å². The summed E-state index contributed by atoms with van der Waals surface area (Å²) in [5.74, 6) is 0. The monoisotopic (exact) mass is 285 g/mol. The maximum Gasteiger partial charge on any atom is 0.281 e. The molecule has 0 spiro atoms. The number of rotatable bonds is 3. The van der Waals surface area contributed by atoms with Crippen LogP contribution in [0.25, 0.3) is 0 Å². The summed E-state index contributed by atoms with van der Waals surface area (Å²) >= 11 is 0. The molecule has 0 aliphatic carbocycles. The maximum absolute atomic E-state index is 11.9. The number of sulfonamides is 1. The van der Waals surface area contributed by atoms with E-state index in [-0.39, 0.29) is 13.1 Å². The Hall–Kier alpha value is -0.220. The van der Waals surface area contributed by atoms with Crippen LogP contribution in [0.3, 0.4) is 0 Å². The lowest BCUT2D eigenvalue weighted by atomic mass is 10.4. The minimum Gasteiger partial charge on any atom is -0.213 e. The van der Waals surface area contributed by atoms with Crippen LogP contribution in [0.15, 0.2) is 0 Å². The summed E-state index contributed by atoms with van der Waals surface area (Å²) in [4.78, 5) is 0. The largest absolute Gasteiger partial charge is 0.281 e. The van der Waals surface area contributed by atoms with Gasteiger partial charge in [-0.25, -0.2) is 12.7 Å². The minimum atomic E-state index is -3.45. The Morgan fingerprint density at radius 3 is 1.82 bits per heavy atom. The molecule has 0 amide bonds. The van der Waals surface area contributed by atoms with Crippen molar-refractivity contribution in [3.8, 4) is 0 Å². The molecule has 102 valence electrons. The molecule has 0 unspecified atom stereocenters. The van der Waals surface area contributed by atoms with E-state index in [1.165, 1.54) is 22.7 Å². The van der Waals surface area contributed by atoms with Crippen molar-refractivity contribution in [2.24, 2.45) is 0 Å². The van der Waals surface area contributed by atoms with Crippen LogP contribution in [0.2, 0.25) is 0 Å². The molecule has 0 aromatic carbocycles. The number of hydrogen-bond donors (Lipinski definition) is 0. The molecule has 0 N–H and O–H groups in total. The summed E-state index contributed by atoms with van der Waals surface area (Å²) in [5.41, 5.74) is 0. The second kappa shape index (κ2) is 5.19. The first-order chi connectivity index (χ1) is 7.65. The average molecular weight is 285 g/mol. The summed E-state index contributed by atoms with van der Waals surface area (Å²) in [6.45, 7) is 1.14. The molecular weight excluding hydrogens is 266 g/mol. The summed E-state index contributed by atoms with van der Waals surface area (Å²) in [7, 11) is -3.75. The van der Waals surface area contributed by atoms with Gasteiger partial charge in [-0.2, -0.15) is 17.0 Å². The Kier molecular flexibility index (Phi) is 4.53. The smallest absolute Gasteiger partial charge is 0.213 e. The van der Waals surface area contributed by atoms with E-state index in [0.29, 0.717) is 19.5 Å². The molecule has 1 fully saturated rings. The van der Waals surface area contributed by atoms with E-state index in [1.807, 2.05) is 0 Å². The molecule has 9 heteroatoms. The van der Waals surface area contributed by atoms with Crippen molar-refractivity contribution >= 4 is 20.2 Å². The molecule has 0 aromatic heterocycles. The quantitative estimate of drug-likeness (QED) is 0.650. The van der Waals surface area contributed by atoms with E-state index in [2.05, 4.69) is 0 Å². The molecule has 1 heterocycles. The third-order valence-corrected chi connectivity index (χ3v) is 5.91. The van der Waals surface area contributed by atoms with E-state index in [4.69, 9.17) is 0 Å². The summed E-state index contributed by atoms with van der Waals surface area (Å²) in [6.07, 6.45) is 1.66. The summed E-state index contributed by atoms with van der Waals surface area (Å²) < 4.78 is 50.3. The predicted molar refractivity (Wildman–Crippen MR) is 65.2 cm³/mol. The van der Waals surface area contributed by atoms with E-state index in [0.717, 1.165) is 10.6 Å². The molecule has 1 aliphatic heterocycles. The predicted octanol–water partition coefficient (Wildman–Crippen LogP) is -1.24. The maximum atomic E-state index is 11.9. The fourth-order valence-corrected chi connectivity index (χ4v) is 3.67. The van der Waals surface area contributed by atoms with Crippen molar-refractivity contribution in [2.75, 3.05) is 46.5 Å². The van der Waals surface area contributed by atoms with Gasteiger partial charge in [-0.1, -0.05) is 0 Å². The molecule has 0 aromatic rings. The van der Waals surface area contributed by atoms with Gasteiger partial charge in [0.2, 0.25) is 10.0 Å². The van der Waals surface area contributed by atoms with Crippen LogP contribution >= 0.6 is 0 Å². The van der Waals surface area contributed by atoms with Crippen LogP contribution in [0.1, 0.15) is 6.42 Å². The topological polar surface area (TPSA) is 78.0 Å². The zero-order chi connectivity index (χ0) is 13.3. The fraction of sp³-hybridized carbons (Fsp3) is 1.00. The van der Waals surface area contributed by atoms with Gasteiger partial charge in [0.1, 0.15) is 0 Å². The zero-order valence-electron chi connectivity index (χ0n) is 10.3. The fourth-order valence-electron chi connectivity index (χ4n) is 1.66. The molecule has 1 rings (SSSR count). The van der Waals surface area contributed by atoms with Crippen molar-refractivity contribution in [1.82, 2.24) is 12.9 Å². The highest BCUT2D eigenvalue weighted by Crippen LogP contribution is 2.11. The lowest BCUT2D eigenvalue weighted by molar-refractivity contribution is 0.379. The minimum absolute atomic E-state index is 0.202. The van der Waals surface area contributed by atoms with Gasteiger partial charge in [-0.3, -0.25) is 0 Å². The Morgan fingerprint density at radius 1 is 0.882 bits per heavy atom. The van der Waals surface area contributed by atoms with Crippen molar-refractivity contribution in [3.63, 3.8) is 0 Å². The SMILES string of the molecule is CN(C)S(=O)(=O)N1CCCN(S(C)(=O)=O)CC1. The number of nitrogens with zero attached hydrogens (tertiary/aromatic N) is 3. The molecule has 0 radical (unpaired) electrons. The van der Waals surface area contributed by atoms with Gasteiger partial charge in [0.15, 0.2) is 0 Å². The summed E-state index contributed by atoms with van der Waals surface area (Å²) in [5, 5.41) is 0. The first-order valence-corrected chi connectivity index (χ1v) is 8.53. The Morgan fingerprint density at radius 2 is 1.35 bits per heavy atom. The lowest BCUT2D eigenvalue weighted by Gasteiger charge is -2.23. The highest BCUT2D eigenvalue weighted by molar-refractivity contribution is 7.88. The second-order valence-corrected chi connectivity index (χ2v) is 8.33. The number of hydrogen-bond acceptors (Lipinski definition) is 4. The third kappa shape index (κ3) is 3.62. The Labute approximate surface area is 103 Å². The van der Waals surface area contributed by atoms with Crippen molar-refractivity contribution in [2.45, 2.75) is 6.42 Å². The lowest BCUT2D eigenvalue weighted by Crippen LogP contribution is -2.42. The van der Waals surface area contributed by atoms with Gasteiger partial charge in [0.05, 0.1) is 6.26 Å². The molecule has 0 saturated carbocycles. The molecule has 7 nitrogen and oxygen atoms in total. The van der Waals surface area contributed by atoms with Crippen LogP contribution < -0.4 is 0 Å². The first-order valence-electron chi connectivity index (χ1n) is 5.28. The van der Waals surface area contributed by atoms with Gasteiger partial charge in [0, 0.05) is 40.3 Å². The zero-order valence-corrected chi connectivity index (χ0v) is 12.0. The molecule has 1 saturated heterocycles. The van der Waals surface area contributed by atoms with Gasteiger partial charge in [-0.05, 0) is 6.42 Å². The molecule has 17 heavy (non-hydrogen) atoms. The van der Waals surface area contributed by atoms with Crippen LogP contribution in [0.5, 0.6) is 0 Å². The summed E-state index contributed by atoms with van der Waals surface area (Å²) in [6, 6.07) is 0. The highest BCUT2D eigenvalue weighted by Gasteiger charge is 2.29. The van der Waals surface area contributed by atoms with Gasteiger partial charge < -0.3 is 0 Å². The molecule has 1 aliphatic rings. The Balaban J connectivity index is 2.79. The standard InChI is InChI=1S/C8H19N3O4S2/c1-9(2)17(14,15)11-6-4-5-10(7-8-11)16(3,12)13/h4-8H2,1-3H3. The molecule has 0 bridgehead atoms. The Bertz CT molecular complexity index is 457. The van der Waals surface area contributed by atoms with Crippen LogP contribution in [0.4, 0.5) is 0 Å². The van der Waals surface area contributed by atoms with Gasteiger partial charge >= 0.3 is 0 Å². The van der Waals surface area contributed by atoms with E-state index in [1.54, 1.807) is 0 Å². The van der Waals surface area contributed by atoms with Crippen LogP contribution in [-0.4, -0.2) is 76.3 Å². The molecular formula is C8H19N3O4S2. The van der Waals surface area contributed by atoms with Crippen molar-refractivity contribution < 1.29 is 16.8 Å². The van der Waals surface area contributed by atoms with Crippen LogP contribution in [-0.2, 0) is 20.2 Å². The van der Waals surface area contributed by atoms with E-state index in [9.17, 15) is 16.8 Å². The normalized spacial score (nSPS) is 21.6.